The highest BCUT2D eigenvalue weighted by atomic mass is 16.8. The van der Waals surface area contributed by atoms with Gasteiger partial charge in [0.25, 0.3) is 0 Å². The Kier molecular flexibility index (Phi) is 4.17. The summed E-state index contributed by atoms with van der Waals surface area (Å²) in [6, 6.07) is 9.47. The summed E-state index contributed by atoms with van der Waals surface area (Å²) in [6.07, 6.45) is -1.35. The summed E-state index contributed by atoms with van der Waals surface area (Å²) in [5.41, 5.74) is 0.933. The fourth-order valence-corrected chi connectivity index (χ4v) is 1.57. The molecule has 1 saturated heterocycles. The van der Waals surface area contributed by atoms with Crippen LogP contribution in [0.4, 0.5) is 4.79 Å². The molecular formula is C13H17NO4. The third-order valence-corrected chi connectivity index (χ3v) is 2.79. The Labute approximate surface area is 106 Å². The first-order valence-electron chi connectivity index (χ1n) is 5.93. The number of rotatable bonds is 3. The minimum atomic E-state index is -0.724. The molecule has 18 heavy (non-hydrogen) atoms. The van der Waals surface area contributed by atoms with Crippen molar-refractivity contribution >= 4 is 6.09 Å². The summed E-state index contributed by atoms with van der Waals surface area (Å²) in [5.74, 6) is 0. The van der Waals surface area contributed by atoms with E-state index in [-0.39, 0.29) is 18.8 Å². The van der Waals surface area contributed by atoms with Gasteiger partial charge in [-0.25, -0.2) is 4.79 Å². The molecule has 1 heterocycles. The third-order valence-electron chi connectivity index (χ3n) is 2.79. The monoisotopic (exact) mass is 251 g/mol. The average molecular weight is 251 g/mol. The van der Waals surface area contributed by atoms with Gasteiger partial charge in [-0.1, -0.05) is 30.3 Å². The van der Waals surface area contributed by atoms with E-state index in [0.29, 0.717) is 0 Å². The maximum atomic E-state index is 11.5. The number of nitrogens with one attached hydrogen (secondary N) is 1. The van der Waals surface area contributed by atoms with Crippen LogP contribution in [-0.2, 0) is 20.8 Å². The molecule has 5 heteroatoms. The van der Waals surface area contributed by atoms with Gasteiger partial charge in [0.15, 0.2) is 0 Å². The van der Waals surface area contributed by atoms with E-state index in [2.05, 4.69) is 5.32 Å². The fraction of sp³-hybridized carbons (Fsp3) is 0.462. The van der Waals surface area contributed by atoms with Crippen LogP contribution in [0.3, 0.4) is 0 Å². The van der Waals surface area contributed by atoms with Gasteiger partial charge in [0.2, 0.25) is 6.41 Å². The summed E-state index contributed by atoms with van der Waals surface area (Å²) in [5, 5.41) is 2.50. The minimum absolute atomic E-state index is 0.0376. The number of alkyl carbamates (subject to hydrolysis) is 1. The van der Waals surface area contributed by atoms with Crippen molar-refractivity contribution < 1.29 is 19.0 Å². The fourth-order valence-electron chi connectivity index (χ4n) is 1.57. The highest BCUT2D eigenvalue weighted by Crippen LogP contribution is 2.16. The van der Waals surface area contributed by atoms with Crippen molar-refractivity contribution in [3.8, 4) is 0 Å². The van der Waals surface area contributed by atoms with Crippen LogP contribution in [0.5, 0.6) is 0 Å². The lowest BCUT2D eigenvalue weighted by Crippen LogP contribution is -2.36. The van der Waals surface area contributed by atoms with Crippen LogP contribution in [-0.4, -0.2) is 24.7 Å². The summed E-state index contributed by atoms with van der Waals surface area (Å²) < 4.78 is 15.8. The predicted octanol–water partition coefficient (Wildman–Crippen LogP) is 2.02. The molecular weight excluding hydrogens is 234 g/mol. The van der Waals surface area contributed by atoms with Crippen LogP contribution in [0.25, 0.3) is 0 Å². The number of carbonyl (C=O) groups is 1. The van der Waals surface area contributed by atoms with Gasteiger partial charge >= 0.3 is 6.09 Å². The molecule has 1 aliphatic heterocycles. The van der Waals surface area contributed by atoms with Crippen LogP contribution < -0.4 is 5.32 Å². The van der Waals surface area contributed by atoms with Crippen molar-refractivity contribution in [2.24, 2.45) is 0 Å². The van der Waals surface area contributed by atoms with Crippen LogP contribution in [0.2, 0.25) is 0 Å². The van der Waals surface area contributed by atoms with E-state index in [9.17, 15) is 4.79 Å². The lowest BCUT2D eigenvalue weighted by Gasteiger charge is -2.12. The van der Waals surface area contributed by atoms with Crippen molar-refractivity contribution in [1.82, 2.24) is 5.32 Å². The van der Waals surface area contributed by atoms with E-state index in [0.717, 1.165) is 5.56 Å². The van der Waals surface area contributed by atoms with Crippen LogP contribution in [0.1, 0.15) is 19.4 Å². The van der Waals surface area contributed by atoms with Gasteiger partial charge < -0.3 is 14.2 Å². The molecule has 1 aromatic rings. The molecule has 0 aliphatic carbocycles. The van der Waals surface area contributed by atoms with Gasteiger partial charge in [-0.15, -0.1) is 0 Å². The molecule has 1 aliphatic rings. The summed E-state index contributed by atoms with van der Waals surface area (Å²) in [4.78, 5) is 11.5. The number of carbonyl (C=O) groups excluding carboxylic acids is 1. The van der Waals surface area contributed by atoms with E-state index >= 15 is 0 Å². The first-order valence-corrected chi connectivity index (χ1v) is 5.93. The normalized spacial score (nSPS) is 26.9. The number of ether oxygens (including phenoxy) is 3. The summed E-state index contributed by atoms with van der Waals surface area (Å²) in [7, 11) is 0. The molecule has 1 fully saturated rings. The molecule has 98 valence electrons. The van der Waals surface area contributed by atoms with Crippen molar-refractivity contribution in [3.63, 3.8) is 0 Å². The lowest BCUT2D eigenvalue weighted by molar-refractivity contribution is -0.0818. The van der Waals surface area contributed by atoms with Crippen molar-refractivity contribution in [2.75, 3.05) is 0 Å². The molecule has 2 rings (SSSR count). The first-order chi connectivity index (χ1) is 8.65. The van der Waals surface area contributed by atoms with Crippen LogP contribution >= 0.6 is 0 Å². The minimum Gasteiger partial charge on any atom is -0.445 e. The Morgan fingerprint density at radius 2 is 1.83 bits per heavy atom. The zero-order chi connectivity index (χ0) is 13.0. The smallest absolute Gasteiger partial charge is 0.411 e. The highest BCUT2D eigenvalue weighted by Gasteiger charge is 2.30. The largest absolute Gasteiger partial charge is 0.445 e. The molecule has 5 nitrogen and oxygen atoms in total. The molecule has 1 amide bonds. The Hall–Kier alpha value is -1.59. The van der Waals surface area contributed by atoms with Gasteiger partial charge in [-0.05, 0) is 19.4 Å². The zero-order valence-corrected chi connectivity index (χ0v) is 10.5. The van der Waals surface area contributed by atoms with Gasteiger partial charge in [0.05, 0.1) is 12.2 Å². The molecule has 2 atom stereocenters. The quantitative estimate of drug-likeness (QED) is 0.893. The molecule has 0 spiro atoms. The van der Waals surface area contributed by atoms with E-state index in [1.54, 1.807) is 0 Å². The Bertz CT molecular complexity index is 385. The van der Waals surface area contributed by atoms with Crippen molar-refractivity contribution in [1.29, 1.82) is 0 Å². The Balaban J connectivity index is 1.73. The molecule has 0 saturated carbocycles. The number of hydrogen-bond acceptors (Lipinski definition) is 4. The summed E-state index contributed by atoms with van der Waals surface area (Å²) >= 11 is 0. The van der Waals surface area contributed by atoms with Crippen molar-refractivity contribution in [3.05, 3.63) is 35.9 Å². The Morgan fingerprint density at radius 1 is 1.22 bits per heavy atom. The second-order valence-corrected chi connectivity index (χ2v) is 4.22. The molecule has 0 radical (unpaired) electrons. The van der Waals surface area contributed by atoms with E-state index in [1.165, 1.54) is 0 Å². The van der Waals surface area contributed by atoms with E-state index < -0.39 is 12.5 Å². The Morgan fingerprint density at radius 3 is 2.44 bits per heavy atom. The number of benzene rings is 1. The highest BCUT2D eigenvalue weighted by molar-refractivity contribution is 5.67. The van der Waals surface area contributed by atoms with E-state index in [1.807, 2.05) is 44.2 Å². The second-order valence-electron chi connectivity index (χ2n) is 4.22. The second kappa shape index (κ2) is 5.84. The maximum absolute atomic E-state index is 11.5. The number of amides is 1. The number of hydrogen-bond donors (Lipinski definition) is 1. The van der Waals surface area contributed by atoms with Crippen LogP contribution in [0, 0.1) is 0 Å². The van der Waals surface area contributed by atoms with Gasteiger partial charge in [-0.2, -0.15) is 0 Å². The van der Waals surface area contributed by atoms with Gasteiger partial charge in [0, 0.05) is 0 Å². The first kappa shape index (κ1) is 12.9. The third kappa shape index (κ3) is 3.45. The standard InChI is InChI=1S/C13H17NO4/c1-9-10(2)18-13(17-9)14-12(15)16-8-11-6-4-3-5-7-11/h3-7,9-10,13H,8H2,1-2H3,(H,14,15). The van der Waals surface area contributed by atoms with Crippen LogP contribution in [0.15, 0.2) is 30.3 Å². The molecule has 0 bridgehead atoms. The van der Waals surface area contributed by atoms with E-state index in [4.69, 9.17) is 14.2 Å². The topological polar surface area (TPSA) is 56.8 Å². The molecule has 1 aromatic carbocycles. The average Bonchev–Trinajstić information content (AvgIpc) is 2.67. The molecule has 1 N–H and O–H groups in total. The van der Waals surface area contributed by atoms with Crippen molar-refractivity contribution in [2.45, 2.75) is 39.1 Å². The zero-order valence-electron chi connectivity index (χ0n) is 10.5. The molecule has 0 aromatic heterocycles. The lowest BCUT2D eigenvalue weighted by atomic mass is 10.2. The summed E-state index contributed by atoms with van der Waals surface area (Å²) in [6.45, 7) is 4.01. The SMILES string of the molecule is CC1OC(NC(=O)OCc2ccccc2)OC1C. The maximum Gasteiger partial charge on any atom is 0.411 e. The predicted molar refractivity (Wildman–Crippen MR) is 64.6 cm³/mol. The van der Waals surface area contributed by atoms with Gasteiger partial charge in [-0.3, -0.25) is 5.32 Å². The molecule has 2 unspecified atom stereocenters. The van der Waals surface area contributed by atoms with Gasteiger partial charge in [0.1, 0.15) is 6.61 Å².